The molecule has 0 bridgehead atoms. The van der Waals surface area contributed by atoms with Gasteiger partial charge in [-0.05, 0) is 128 Å². The van der Waals surface area contributed by atoms with Gasteiger partial charge in [-0.2, -0.15) is 0 Å². The maximum absolute atomic E-state index is 12.8. The minimum Gasteiger partial charge on any atom is -0.462 e. The van der Waals surface area contributed by atoms with Crippen LogP contribution in [-0.2, 0) is 28.6 Å². The normalized spacial score (nSPS) is 13.3. The lowest BCUT2D eigenvalue weighted by Crippen LogP contribution is -2.30. The molecule has 0 aromatic heterocycles. The molecule has 0 fully saturated rings. The Morgan fingerprint density at radius 3 is 0.836 bits per heavy atom. The molecule has 0 amide bonds. The van der Waals surface area contributed by atoms with E-state index in [1.54, 1.807) is 0 Å². The molecule has 0 spiro atoms. The van der Waals surface area contributed by atoms with E-state index in [0.29, 0.717) is 12.8 Å². The van der Waals surface area contributed by atoms with Crippen LogP contribution in [0, 0.1) is 0 Å². The lowest BCUT2D eigenvalue weighted by Gasteiger charge is -2.18. The molecule has 0 aromatic rings. The average molecular weight is 1010 g/mol. The Hall–Kier alpha value is -4.97. The van der Waals surface area contributed by atoms with E-state index in [2.05, 4.69) is 179 Å². The van der Waals surface area contributed by atoms with Gasteiger partial charge in [-0.1, -0.05) is 237 Å². The second kappa shape index (κ2) is 59.6. The first-order chi connectivity index (χ1) is 36.0. The first-order valence-electron chi connectivity index (χ1n) is 29.0. The standard InChI is InChI=1S/C67H104O6/c1-4-7-10-13-15-17-19-21-23-25-27-29-31-32-33-34-36-37-39-41-43-45-47-49-51-54-57-60-66(69)72-63-64(62-71-65(68)59-56-53-12-9-6-3)73-67(70)61-58-55-52-50-48-46-44-42-40-38-35-30-28-26-24-22-20-18-16-14-11-8-5-2/h7-8,10-11,15-18,21-24,27-30,32-33,36-38,40-41,43-44,46,64H,4-6,9,12-14,19-20,25-26,31,34-35,39,42,45,47-63H2,1-3H3/b10-7-,11-8-,17-15-,18-16-,23-21-,24-22-,29-27-,30-28-,33-32-,37-36-,40-38-,43-41-,46-44-. The molecule has 0 saturated heterocycles. The van der Waals surface area contributed by atoms with Crippen LogP contribution in [0.4, 0.5) is 0 Å². The predicted molar refractivity (Wildman–Crippen MR) is 315 cm³/mol. The molecule has 0 radical (unpaired) electrons. The molecule has 1 unspecified atom stereocenters. The van der Waals surface area contributed by atoms with E-state index in [4.69, 9.17) is 14.2 Å². The molecule has 6 heteroatoms. The first kappa shape index (κ1) is 68.0. The van der Waals surface area contributed by atoms with Crippen LogP contribution in [0.1, 0.15) is 226 Å². The van der Waals surface area contributed by atoms with Crippen molar-refractivity contribution in [3.63, 3.8) is 0 Å². The maximum atomic E-state index is 12.8. The Kier molecular flexibility index (Phi) is 55.5. The largest absolute Gasteiger partial charge is 0.462 e. The fourth-order valence-corrected chi connectivity index (χ4v) is 7.25. The second-order valence-electron chi connectivity index (χ2n) is 18.4. The molecule has 1 atom stereocenters. The Morgan fingerprint density at radius 2 is 0.534 bits per heavy atom. The number of unbranched alkanes of at least 4 members (excludes halogenated alkanes) is 13. The molecule has 0 rings (SSSR count). The van der Waals surface area contributed by atoms with Crippen LogP contribution in [0.15, 0.2) is 158 Å². The van der Waals surface area contributed by atoms with E-state index in [9.17, 15) is 14.4 Å². The molecule has 0 aliphatic heterocycles. The third kappa shape index (κ3) is 57.8. The smallest absolute Gasteiger partial charge is 0.306 e. The molecule has 408 valence electrons. The van der Waals surface area contributed by atoms with Crippen LogP contribution in [0.3, 0.4) is 0 Å². The summed E-state index contributed by atoms with van der Waals surface area (Å²) in [7, 11) is 0. The summed E-state index contributed by atoms with van der Waals surface area (Å²) >= 11 is 0. The topological polar surface area (TPSA) is 78.9 Å². The number of ether oxygens (including phenoxy) is 3. The summed E-state index contributed by atoms with van der Waals surface area (Å²) in [5.74, 6) is -0.971. The van der Waals surface area contributed by atoms with Gasteiger partial charge >= 0.3 is 17.9 Å². The van der Waals surface area contributed by atoms with Crippen molar-refractivity contribution in [3.05, 3.63) is 158 Å². The van der Waals surface area contributed by atoms with Gasteiger partial charge in [0.15, 0.2) is 6.10 Å². The van der Waals surface area contributed by atoms with Crippen molar-refractivity contribution in [2.75, 3.05) is 13.2 Å². The molecule has 0 aliphatic rings. The number of hydrogen-bond donors (Lipinski definition) is 0. The summed E-state index contributed by atoms with van der Waals surface area (Å²) < 4.78 is 16.7. The zero-order valence-electron chi connectivity index (χ0n) is 46.6. The molecular formula is C67H104O6. The maximum Gasteiger partial charge on any atom is 0.306 e. The lowest BCUT2D eigenvalue weighted by atomic mass is 10.1. The van der Waals surface area contributed by atoms with Crippen LogP contribution in [0.5, 0.6) is 0 Å². The minimum absolute atomic E-state index is 0.103. The monoisotopic (exact) mass is 1000 g/mol. The Morgan fingerprint density at radius 1 is 0.288 bits per heavy atom. The Balaban J connectivity index is 4.25. The molecule has 0 aliphatic carbocycles. The lowest BCUT2D eigenvalue weighted by molar-refractivity contribution is -0.167. The van der Waals surface area contributed by atoms with Crippen molar-refractivity contribution in [2.45, 2.75) is 232 Å². The molecular weight excluding hydrogens is 901 g/mol. The van der Waals surface area contributed by atoms with Crippen LogP contribution >= 0.6 is 0 Å². The predicted octanol–water partition coefficient (Wildman–Crippen LogP) is 19.8. The third-order valence-corrected chi connectivity index (χ3v) is 11.5. The highest BCUT2D eigenvalue weighted by molar-refractivity contribution is 5.71. The summed E-state index contributed by atoms with van der Waals surface area (Å²) in [6, 6.07) is 0. The molecule has 0 aromatic carbocycles. The van der Waals surface area contributed by atoms with E-state index in [1.807, 2.05) is 0 Å². The van der Waals surface area contributed by atoms with Gasteiger partial charge in [-0.25, -0.2) is 0 Å². The van der Waals surface area contributed by atoms with Gasteiger partial charge in [0.1, 0.15) is 13.2 Å². The SMILES string of the molecule is CC/C=C\C/C=C\C/C=C\C/C=C\C/C=C\C/C=C\C/C=C\CCCCCCCC(=O)OCC(COC(=O)CCCCCCC)OC(=O)CCCCCC/C=C\C/C=C\C/C=C\C/C=C\C/C=C\C/C=C\CC. The van der Waals surface area contributed by atoms with Crippen LogP contribution in [0.2, 0.25) is 0 Å². The Bertz CT molecular complexity index is 1670. The zero-order chi connectivity index (χ0) is 52.9. The third-order valence-electron chi connectivity index (χ3n) is 11.5. The fraction of sp³-hybridized carbons (Fsp3) is 0.567. The summed E-state index contributed by atoms with van der Waals surface area (Å²) in [6.45, 7) is 6.27. The summed E-state index contributed by atoms with van der Waals surface area (Å²) in [5, 5.41) is 0. The van der Waals surface area contributed by atoms with E-state index < -0.39 is 6.10 Å². The average Bonchev–Trinajstić information content (AvgIpc) is 3.39. The highest BCUT2D eigenvalue weighted by Crippen LogP contribution is 2.12. The number of allylic oxidation sites excluding steroid dienone is 26. The summed E-state index contributed by atoms with van der Waals surface area (Å²) in [4.78, 5) is 37.8. The van der Waals surface area contributed by atoms with E-state index in [-0.39, 0.29) is 37.5 Å². The van der Waals surface area contributed by atoms with Crippen molar-refractivity contribution < 1.29 is 28.6 Å². The van der Waals surface area contributed by atoms with Gasteiger partial charge in [0.25, 0.3) is 0 Å². The van der Waals surface area contributed by atoms with Crippen molar-refractivity contribution in [3.8, 4) is 0 Å². The summed E-state index contributed by atoms with van der Waals surface area (Å²) in [5.41, 5.74) is 0. The number of carbonyl (C=O) groups is 3. The number of hydrogen-bond acceptors (Lipinski definition) is 6. The zero-order valence-corrected chi connectivity index (χ0v) is 46.6. The van der Waals surface area contributed by atoms with Crippen molar-refractivity contribution in [1.29, 1.82) is 0 Å². The van der Waals surface area contributed by atoms with E-state index in [1.165, 1.54) is 0 Å². The quantitative estimate of drug-likeness (QED) is 0.0261. The van der Waals surface area contributed by atoms with Gasteiger partial charge in [0, 0.05) is 19.3 Å². The molecule has 6 nitrogen and oxygen atoms in total. The fourth-order valence-electron chi connectivity index (χ4n) is 7.25. The van der Waals surface area contributed by atoms with Gasteiger partial charge in [-0.3, -0.25) is 14.4 Å². The molecule has 0 heterocycles. The van der Waals surface area contributed by atoms with Crippen molar-refractivity contribution >= 4 is 17.9 Å². The van der Waals surface area contributed by atoms with Crippen molar-refractivity contribution in [2.24, 2.45) is 0 Å². The summed E-state index contributed by atoms with van der Waals surface area (Å²) in [6.07, 6.45) is 87.0. The number of carbonyl (C=O) groups excluding carboxylic acids is 3. The molecule has 0 N–H and O–H groups in total. The second-order valence-corrected chi connectivity index (χ2v) is 18.4. The highest BCUT2D eigenvalue weighted by Gasteiger charge is 2.19. The van der Waals surface area contributed by atoms with Gasteiger partial charge in [0.2, 0.25) is 0 Å². The molecule has 73 heavy (non-hydrogen) atoms. The highest BCUT2D eigenvalue weighted by atomic mass is 16.6. The number of rotatable bonds is 50. The number of esters is 3. The van der Waals surface area contributed by atoms with Crippen LogP contribution in [-0.4, -0.2) is 37.2 Å². The Labute approximate surface area is 448 Å². The molecule has 0 saturated carbocycles. The van der Waals surface area contributed by atoms with Crippen LogP contribution in [0.25, 0.3) is 0 Å². The van der Waals surface area contributed by atoms with Gasteiger partial charge in [0.05, 0.1) is 0 Å². The van der Waals surface area contributed by atoms with E-state index in [0.717, 1.165) is 186 Å². The van der Waals surface area contributed by atoms with Crippen LogP contribution < -0.4 is 0 Å². The van der Waals surface area contributed by atoms with Gasteiger partial charge in [-0.15, -0.1) is 0 Å². The van der Waals surface area contributed by atoms with Gasteiger partial charge < -0.3 is 14.2 Å². The van der Waals surface area contributed by atoms with E-state index >= 15 is 0 Å². The first-order valence-corrected chi connectivity index (χ1v) is 29.0. The minimum atomic E-state index is -0.805. The van der Waals surface area contributed by atoms with Crippen molar-refractivity contribution in [1.82, 2.24) is 0 Å².